The molecule has 3 rings (SSSR count). The van der Waals surface area contributed by atoms with Gasteiger partial charge in [0.15, 0.2) is 0 Å². The molecule has 0 aliphatic heterocycles. The summed E-state index contributed by atoms with van der Waals surface area (Å²) < 4.78 is 0. The second-order valence-electron chi connectivity index (χ2n) is 6.37. The van der Waals surface area contributed by atoms with E-state index in [1.165, 1.54) is 0 Å². The maximum atomic E-state index is 12.0. The minimum Gasteiger partial charge on any atom is -0.343 e. The molecule has 0 saturated heterocycles. The second-order valence-corrected chi connectivity index (χ2v) is 6.80. The molecular formula is C23H20ClN3O2. The van der Waals surface area contributed by atoms with Gasteiger partial charge in [0, 0.05) is 10.6 Å². The molecule has 0 aliphatic carbocycles. The zero-order valence-corrected chi connectivity index (χ0v) is 16.6. The van der Waals surface area contributed by atoms with E-state index in [9.17, 15) is 9.59 Å². The van der Waals surface area contributed by atoms with Crippen LogP contribution in [0.25, 0.3) is 11.1 Å². The predicted octanol–water partition coefficient (Wildman–Crippen LogP) is 4.28. The molecule has 29 heavy (non-hydrogen) atoms. The molecule has 0 aromatic heterocycles. The van der Waals surface area contributed by atoms with Gasteiger partial charge in [0.25, 0.3) is 11.8 Å². The van der Waals surface area contributed by atoms with Crippen molar-refractivity contribution in [2.75, 3.05) is 6.54 Å². The Morgan fingerprint density at radius 1 is 0.828 bits per heavy atom. The van der Waals surface area contributed by atoms with Crippen LogP contribution in [0, 0.1) is 0 Å². The third-order valence-electron chi connectivity index (χ3n) is 4.27. The highest BCUT2D eigenvalue weighted by atomic mass is 35.5. The van der Waals surface area contributed by atoms with Gasteiger partial charge in [-0.3, -0.25) is 9.59 Å². The molecule has 0 bridgehead atoms. The van der Waals surface area contributed by atoms with Crippen LogP contribution in [-0.4, -0.2) is 24.1 Å². The number of rotatable bonds is 6. The van der Waals surface area contributed by atoms with E-state index in [4.69, 9.17) is 11.6 Å². The predicted molar refractivity (Wildman–Crippen MR) is 116 cm³/mol. The fraction of sp³-hybridized carbons (Fsp3) is 0.0870. The monoisotopic (exact) mass is 405 g/mol. The summed E-state index contributed by atoms with van der Waals surface area (Å²) in [7, 11) is 0. The van der Waals surface area contributed by atoms with Gasteiger partial charge in [-0.15, -0.1) is 0 Å². The lowest BCUT2D eigenvalue weighted by atomic mass is 10.0. The minimum atomic E-state index is -0.410. The van der Waals surface area contributed by atoms with E-state index >= 15 is 0 Å². The summed E-state index contributed by atoms with van der Waals surface area (Å²) in [4.78, 5) is 24.0. The number of benzene rings is 3. The highest BCUT2D eigenvalue weighted by Crippen LogP contribution is 2.19. The van der Waals surface area contributed by atoms with Gasteiger partial charge in [-0.25, -0.2) is 5.43 Å². The molecule has 0 atom stereocenters. The van der Waals surface area contributed by atoms with E-state index in [0.29, 0.717) is 16.3 Å². The quantitative estimate of drug-likeness (QED) is 0.474. The molecule has 2 N–H and O–H groups in total. The first-order chi connectivity index (χ1) is 14.0. The highest BCUT2D eigenvalue weighted by Gasteiger charge is 2.08. The molecule has 3 aromatic rings. The number of hydrogen-bond donors (Lipinski definition) is 2. The first-order valence-corrected chi connectivity index (χ1v) is 9.43. The van der Waals surface area contributed by atoms with Crippen molar-refractivity contribution < 1.29 is 9.59 Å². The summed E-state index contributed by atoms with van der Waals surface area (Å²) in [6, 6.07) is 24.4. The van der Waals surface area contributed by atoms with Crippen molar-refractivity contribution in [2.24, 2.45) is 5.10 Å². The fourth-order valence-electron chi connectivity index (χ4n) is 2.65. The molecule has 5 nitrogen and oxygen atoms in total. The SMILES string of the molecule is CC(=NNC(=O)CNC(=O)c1ccc(Cl)cc1)c1ccc(-c2ccccc2)cc1. The van der Waals surface area contributed by atoms with Crippen LogP contribution in [-0.2, 0) is 4.79 Å². The van der Waals surface area contributed by atoms with Crippen molar-refractivity contribution in [3.63, 3.8) is 0 Å². The molecule has 0 heterocycles. The zero-order valence-electron chi connectivity index (χ0n) is 15.9. The molecule has 0 unspecified atom stereocenters. The van der Waals surface area contributed by atoms with Crippen molar-refractivity contribution in [2.45, 2.75) is 6.92 Å². The number of halogens is 1. The van der Waals surface area contributed by atoms with Crippen LogP contribution in [0.4, 0.5) is 0 Å². The Morgan fingerprint density at radius 3 is 2.07 bits per heavy atom. The third-order valence-corrected chi connectivity index (χ3v) is 4.53. The Balaban J connectivity index is 1.53. The Hall–Kier alpha value is -3.44. The average molecular weight is 406 g/mol. The van der Waals surface area contributed by atoms with Gasteiger partial charge >= 0.3 is 0 Å². The Morgan fingerprint density at radius 2 is 1.41 bits per heavy atom. The van der Waals surface area contributed by atoms with E-state index in [2.05, 4.69) is 28.0 Å². The maximum Gasteiger partial charge on any atom is 0.259 e. The van der Waals surface area contributed by atoms with Crippen LogP contribution < -0.4 is 10.7 Å². The molecule has 0 aliphatic rings. The zero-order chi connectivity index (χ0) is 20.6. The van der Waals surface area contributed by atoms with Crippen LogP contribution in [0.5, 0.6) is 0 Å². The van der Waals surface area contributed by atoms with E-state index in [1.54, 1.807) is 24.3 Å². The number of amides is 2. The van der Waals surface area contributed by atoms with E-state index in [0.717, 1.165) is 16.7 Å². The first-order valence-electron chi connectivity index (χ1n) is 9.05. The van der Waals surface area contributed by atoms with Gasteiger partial charge in [0.1, 0.15) is 0 Å². The fourth-order valence-corrected chi connectivity index (χ4v) is 2.77. The first kappa shape index (κ1) is 20.3. The lowest BCUT2D eigenvalue weighted by Crippen LogP contribution is -2.35. The number of carbonyl (C=O) groups is 2. The Bertz CT molecular complexity index is 1010. The van der Waals surface area contributed by atoms with Gasteiger partial charge in [-0.2, -0.15) is 5.10 Å². The molecule has 0 saturated carbocycles. The lowest BCUT2D eigenvalue weighted by molar-refractivity contribution is -0.120. The van der Waals surface area contributed by atoms with Gasteiger partial charge in [-0.05, 0) is 47.9 Å². The second kappa shape index (κ2) is 9.66. The molecule has 0 fully saturated rings. The van der Waals surface area contributed by atoms with Gasteiger partial charge < -0.3 is 5.32 Å². The molecule has 0 radical (unpaired) electrons. The number of hydrazone groups is 1. The number of carbonyl (C=O) groups excluding carboxylic acids is 2. The van der Waals surface area contributed by atoms with Crippen LogP contribution in [0.3, 0.4) is 0 Å². The smallest absolute Gasteiger partial charge is 0.259 e. The summed E-state index contributed by atoms with van der Waals surface area (Å²) in [5.41, 5.74) is 6.70. The van der Waals surface area contributed by atoms with Gasteiger partial charge in [-0.1, -0.05) is 66.2 Å². The standard InChI is InChI=1S/C23H20ClN3O2/c1-16(17-7-9-19(10-8-17)18-5-3-2-4-6-18)26-27-22(28)15-25-23(29)20-11-13-21(24)14-12-20/h2-14H,15H2,1H3,(H,25,29)(H,27,28). The number of nitrogens with zero attached hydrogens (tertiary/aromatic N) is 1. The van der Waals surface area contributed by atoms with Gasteiger partial charge in [0.2, 0.25) is 0 Å². The largest absolute Gasteiger partial charge is 0.343 e. The molecule has 146 valence electrons. The Kier molecular flexibility index (Phi) is 6.76. The average Bonchev–Trinajstić information content (AvgIpc) is 2.77. The van der Waals surface area contributed by atoms with Crippen LogP contribution in [0.15, 0.2) is 84.0 Å². The molecule has 6 heteroatoms. The van der Waals surface area contributed by atoms with E-state index in [1.807, 2.05) is 49.4 Å². The molecule has 2 amide bonds. The topological polar surface area (TPSA) is 70.6 Å². The number of hydrogen-bond acceptors (Lipinski definition) is 3. The summed E-state index contributed by atoms with van der Waals surface area (Å²) >= 11 is 5.79. The number of nitrogens with one attached hydrogen (secondary N) is 2. The van der Waals surface area contributed by atoms with Crippen LogP contribution >= 0.6 is 11.6 Å². The van der Waals surface area contributed by atoms with E-state index in [-0.39, 0.29) is 12.5 Å². The summed E-state index contributed by atoms with van der Waals surface area (Å²) in [6.45, 7) is 1.63. The maximum absolute atomic E-state index is 12.0. The lowest BCUT2D eigenvalue weighted by Gasteiger charge is -2.06. The molecule has 3 aromatic carbocycles. The van der Waals surface area contributed by atoms with Crippen molar-refractivity contribution in [3.05, 3.63) is 95.0 Å². The van der Waals surface area contributed by atoms with Crippen molar-refractivity contribution >= 4 is 29.1 Å². The van der Waals surface area contributed by atoms with Crippen molar-refractivity contribution in [3.8, 4) is 11.1 Å². The Labute approximate surface area is 174 Å². The van der Waals surface area contributed by atoms with Crippen molar-refractivity contribution in [1.82, 2.24) is 10.7 Å². The minimum absolute atomic E-state index is 0.175. The van der Waals surface area contributed by atoms with E-state index < -0.39 is 5.91 Å². The van der Waals surface area contributed by atoms with Crippen LogP contribution in [0.2, 0.25) is 5.02 Å². The molecular weight excluding hydrogens is 386 g/mol. The normalized spacial score (nSPS) is 11.0. The summed E-state index contributed by atoms with van der Waals surface area (Å²) in [5, 5.41) is 7.19. The van der Waals surface area contributed by atoms with Crippen molar-refractivity contribution in [1.29, 1.82) is 0 Å². The molecule has 0 spiro atoms. The highest BCUT2D eigenvalue weighted by molar-refractivity contribution is 6.30. The van der Waals surface area contributed by atoms with Crippen LogP contribution in [0.1, 0.15) is 22.8 Å². The van der Waals surface area contributed by atoms with Gasteiger partial charge in [0.05, 0.1) is 12.3 Å². The summed E-state index contributed by atoms with van der Waals surface area (Å²) in [5.74, 6) is -0.762. The third kappa shape index (κ3) is 5.77. The summed E-state index contributed by atoms with van der Waals surface area (Å²) in [6.07, 6.45) is 0.